The molecule has 1 saturated heterocycles. The molecule has 20 heavy (non-hydrogen) atoms. The molecule has 0 amide bonds. The minimum absolute atomic E-state index is 0.0585. The first-order valence-electron chi connectivity index (χ1n) is 6.61. The summed E-state index contributed by atoms with van der Waals surface area (Å²) >= 11 is 3.40. The van der Waals surface area contributed by atoms with Crippen LogP contribution in [0, 0.1) is 0 Å². The highest BCUT2D eigenvalue weighted by Gasteiger charge is 2.23. The van der Waals surface area contributed by atoms with Gasteiger partial charge < -0.3 is 9.47 Å². The van der Waals surface area contributed by atoms with E-state index in [0.29, 0.717) is 10.5 Å². The highest BCUT2D eigenvalue weighted by Crippen LogP contribution is 2.34. The topological polar surface area (TPSA) is 49.2 Å². The fourth-order valence-corrected chi connectivity index (χ4v) is 2.93. The van der Waals surface area contributed by atoms with Crippen LogP contribution in [0.2, 0.25) is 0 Å². The van der Waals surface area contributed by atoms with E-state index in [1.54, 1.807) is 13.2 Å². The van der Waals surface area contributed by atoms with Gasteiger partial charge in [0.25, 0.3) is 0 Å². The largest absolute Gasteiger partial charge is 0.479 e. The molecule has 1 unspecified atom stereocenters. The average molecular weight is 338 g/mol. The molecule has 0 spiro atoms. The lowest BCUT2D eigenvalue weighted by molar-refractivity contribution is -0.0369. The zero-order chi connectivity index (χ0) is 14.1. The van der Waals surface area contributed by atoms with Gasteiger partial charge in [0.1, 0.15) is 10.1 Å². The average Bonchev–Trinajstić information content (AvgIpc) is 2.85. The third-order valence-electron chi connectivity index (χ3n) is 3.47. The molecule has 3 rings (SSSR count). The molecule has 1 atom stereocenters. The Morgan fingerprint density at radius 2 is 2.40 bits per heavy atom. The minimum Gasteiger partial charge on any atom is -0.479 e. The standard InChI is InChI=1S/C14H16BrN3O2/c1-3-10-9-8-11(15)16-14(19-2)13(9)18(17-10)12-6-4-5-7-20-12/h3,8,12H,1,4-7H2,2H3. The Balaban J connectivity index is 2.23. The van der Waals surface area contributed by atoms with Crippen LogP contribution in [0.5, 0.6) is 5.88 Å². The normalized spacial score (nSPS) is 19.2. The van der Waals surface area contributed by atoms with Crippen LogP contribution in [0.25, 0.3) is 17.0 Å². The van der Waals surface area contributed by atoms with Crippen LogP contribution in [0.1, 0.15) is 31.2 Å². The van der Waals surface area contributed by atoms with Gasteiger partial charge in [0.2, 0.25) is 5.88 Å². The number of rotatable bonds is 3. The first kappa shape index (κ1) is 13.6. The first-order chi connectivity index (χ1) is 9.74. The van der Waals surface area contributed by atoms with Crippen molar-refractivity contribution in [1.29, 1.82) is 0 Å². The Morgan fingerprint density at radius 1 is 1.55 bits per heavy atom. The summed E-state index contributed by atoms with van der Waals surface area (Å²) in [6.45, 7) is 4.60. The number of hydrogen-bond acceptors (Lipinski definition) is 4. The van der Waals surface area contributed by atoms with Crippen molar-refractivity contribution in [3.05, 3.63) is 22.9 Å². The zero-order valence-electron chi connectivity index (χ0n) is 11.3. The van der Waals surface area contributed by atoms with Gasteiger partial charge in [0, 0.05) is 12.0 Å². The second kappa shape index (κ2) is 5.54. The molecule has 3 heterocycles. The molecule has 1 aliphatic rings. The summed E-state index contributed by atoms with van der Waals surface area (Å²) in [4.78, 5) is 4.37. The maximum atomic E-state index is 5.83. The van der Waals surface area contributed by atoms with Gasteiger partial charge in [-0.2, -0.15) is 5.10 Å². The fourth-order valence-electron chi connectivity index (χ4n) is 2.54. The van der Waals surface area contributed by atoms with Crippen LogP contribution in [-0.4, -0.2) is 28.5 Å². The van der Waals surface area contributed by atoms with Gasteiger partial charge in [-0.1, -0.05) is 6.58 Å². The summed E-state index contributed by atoms with van der Waals surface area (Å²) < 4.78 is 13.8. The van der Waals surface area contributed by atoms with Gasteiger partial charge in [0.05, 0.1) is 12.8 Å². The predicted molar refractivity (Wildman–Crippen MR) is 80.7 cm³/mol. The Hall–Kier alpha value is -1.40. The minimum atomic E-state index is -0.0585. The van der Waals surface area contributed by atoms with E-state index in [4.69, 9.17) is 9.47 Å². The van der Waals surface area contributed by atoms with Crippen molar-refractivity contribution in [3.63, 3.8) is 0 Å². The summed E-state index contributed by atoms with van der Waals surface area (Å²) in [6.07, 6.45) is 4.88. The molecule has 2 aromatic heterocycles. The quantitative estimate of drug-likeness (QED) is 0.803. The summed E-state index contributed by atoms with van der Waals surface area (Å²) in [7, 11) is 1.61. The van der Waals surface area contributed by atoms with Gasteiger partial charge in [-0.3, -0.25) is 0 Å². The van der Waals surface area contributed by atoms with E-state index in [2.05, 4.69) is 32.6 Å². The van der Waals surface area contributed by atoms with Crippen LogP contribution in [0.4, 0.5) is 0 Å². The van der Waals surface area contributed by atoms with Crippen LogP contribution in [0.3, 0.4) is 0 Å². The Morgan fingerprint density at radius 3 is 3.05 bits per heavy atom. The van der Waals surface area contributed by atoms with Crippen LogP contribution < -0.4 is 4.74 Å². The molecule has 0 saturated carbocycles. The number of nitrogens with zero attached hydrogens (tertiary/aromatic N) is 3. The lowest BCUT2D eigenvalue weighted by Crippen LogP contribution is -2.19. The van der Waals surface area contributed by atoms with Crippen molar-refractivity contribution >= 4 is 32.9 Å². The molecule has 0 aromatic carbocycles. The summed E-state index contributed by atoms with van der Waals surface area (Å²) in [6, 6.07) is 1.93. The molecule has 6 heteroatoms. The number of fused-ring (bicyclic) bond motifs is 1. The summed E-state index contributed by atoms with van der Waals surface area (Å²) in [5.41, 5.74) is 1.67. The zero-order valence-corrected chi connectivity index (χ0v) is 12.9. The van der Waals surface area contributed by atoms with E-state index >= 15 is 0 Å². The molecule has 0 aliphatic carbocycles. The second-order valence-corrected chi connectivity index (χ2v) is 5.52. The number of ether oxygens (including phenoxy) is 2. The maximum Gasteiger partial charge on any atom is 0.241 e. The fraction of sp³-hybridized carbons (Fsp3) is 0.429. The third kappa shape index (κ3) is 2.23. The van der Waals surface area contributed by atoms with Crippen molar-refractivity contribution in [2.24, 2.45) is 0 Å². The highest BCUT2D eigenvalue weighted by atomic mass is 79.9. The Kier molecular flexibility index (Phi) is 3.76. The van der Waals surface area contributed by atoms with Crippen molar-refractivity contribution in [2.75, 3.05) is 13.7 Å². The number of hydrogen-bond donors (Lipinski definition) is 0. The van der Waals surface area contributed by atoms with E-state index in [1.165, 1.54) is 0 Å². The smallest absolute Gasteiger partial charge is 0.241 e. The molecule has 1 aliphatic heterocycles. The molecule has 1 fully saturated rings. The lowest BCUT2D eigenvalue weighted by atomic mass is 10.2. The van der Waals surface area contributed by atoms with Crippen LogP contribution >= 0.6 is 15.9 Å². The van der Waals surface area contributed by atoms with E-state index < -0.39 is 0 Å². The Bertz CT molecular complexity index is 647. The number of aromatic nitrogens is 3. The van der Waals surface area contributed by atoms with Gasteiger partial charge in [0.15, 0.2) is 6.23 Å². The predicted octanol–water partition coefficient (Wildman–Crippen LogP) is 3.54. The van der Waals surface area contributed by atoms with Crippen molar-refractivity contribution in [3.8, 4) is 5.88 Å². The molecular formula is C14H16BrN3O2. The van der Waals surface area contributed by atoms with E-state index in [9.17, 15) is 0 Å². The SMILES string of the molecule is C=Cc1nn(C2CCCCO2)c2c(OC)nc(Br)cc12. The van der Waals surface area contributed by atoms with E-state index in [1.807, 2.05) is 10.7 Å². The number of halogens is 1. The molecule has 0 bridgehead atoms. The monoisotopic (exact) mass is 337 g/mol. The lowest BCUT2D eigenvalue weighted by Gasteiger charge is -2.23. The number of methoxy groups -OCH3 is 1. The molecule has 5 nitrogen and oxygen atoms in total. The van der Waals surface area contributed by atoms with E-state index in [-0.39, 0.29) is 6.23 Å². The van der Waals surface area contributed by atoms with Crippen molar-refractivity contribution in [1.82, 2.24) is 14.8 Å². The molecular weight excluding hydrogens is 322 g/mol. The summed E-state index contributed by atoms with van der Waals surface area (Å²) in [5, 5.41) is 5.58. The maximum absolute atomic E-state index is 5.83. The Labute approximate surface area is 125 Å². The number of pyridine rings is 1. The molecule has 106 valence electrons. The molecule has 0 N–H and O–H groups in total. The van der Waals surface area contributed by atoms with Gasteiger partial charge in [-0.05, 0) is 47.3 Å². The second-order valence-electron chi connectivity index (χ2n) is 4.71. The van der Waals surface area contributed by atoms with Gasteiger partial charge >= 0.3 is 0 Å². The van der Waals surface area contributed by atoms with Crippen molar-refractivity contribution < 1.29 is 9.47 Å². The first-order valence-corrected chi connectivity index (χ1v) is 7.40. The van der Waals surface area contributed by atoms with Crippen molar-refractivity contribution in [2.45, 2.75) is 25.5 Å². The molecule has 2 aromatic rings. The van der Waals surface area contributed by atoms with Gasteiger partial charge in [-0.25, -0.2) is 9.67 Å². The highest BCUT2D eigenvalue weighted by molar-refractivity contribution is 9.10. The van der Waals surface area contributed by atoms with Crippen LogP contribution in [0.15, 0.2) is 17.2 Å². The van der Waals surface area contributed by atoms with Gasteiger partial charge in [-0.15, -0.1) is 0 Å². The summed E-state index contributed by atoms with van der Waals surface area (Å²) in [5.74, 6) is 0.546. The molecule has 0 radical (unpaired) electrons. The third-order valence-corrected chi connectivity index (χ3v) is 3.87. The van der Waals surface area contributed by atoms with E-state index in [0.717, 1.165) is 42.5 Å². The van der Waals surface area contributed by atoms with Crippen LogP contribution in [-0.2, 0) is 4.74 Å².